The van der Waals surface area contributed by atoms with Gasteiger partial charge in [0.2, 0.25) is 0 Å². The number of imidazole rings is 1. The van der Waals surface area contributed by atoms with Crippen molar-refractivity contribution in [1.29, 1.82) is 0 Å². The number of hydrogen-bond donors (Lipinski definition) is 0. The van der Waals surface area contributed by atoms with E-state index in [-0.39, 0.29) is 0 Å². The molecule has 0 N–H and O–H groups in total. The van der Waals surface area contributed by atoms with Gasteiger partial charge in [-0.05, 0) is 60.9 Å². The van der Waals surface area contributed by atoms with Crippen LogP contribution >= 0.6 is 11.8 Å². The number of fused-ring (bicyclic) bond motifs is 1. The molecule has 0 atom stereocenters. The first-order chi connectivity index (χ1) is 15.5. The molecule has 0 amide bonds. The van der Waals surface area contributed by atoms with E-state index in [2.05, 4.69) is 35.8 Å². The smallest absolute Gasteiger partial charge is 0.324 e. The maximum absolute atomic E-state index is 13.0. The summed E-state index contributed by atoms with van der Waals surface area (Å²) in [7, 11) is 0. The van der Waals surface area contributed by atoms with Crippen molar-refractivity contribution in [3.63, 3.8) is 0 Å². The molecule has 1 aromatic heterocycles. The Morgan fingerprint density at radius 1 is 0.938 bits per heavy atom. The molecule has 4 rings (SSSR count). The van der Waals surface area contributed by atoms with Gasteiger partial charge in [-0.15, -0.1) is 11.8 Å². The zero-order chi connectivity index (χ0) is 22.6. The molecule has 0 aliphatic carbocycles. The first-order valence-corrected chi connectivity index (χ1v) is 11.8. The van der Waals surface area contributed by atoms with Gasteiger partial charge in [0, 0.05) is 17.0 Å². The molecule has 166 valence electrons. The Morgan fingerprint density at radius 3 is 2.38 bits per heavy atom. The van der Waals surface area contributed by atoms with E-state index in [0.717, 1.165) is 54.7 Å². The summed E-state index contributed by atoms with van der Waals surface area (Å²) >= 11 is 1.81. The van der Waals surface area contributed by atoms with E-state index >= 15 is 0 Å². The zero-order valence-corrected chi connectivity index (χ0v) is 18.7. The molecule has 0 aliphatic heterocycles. The lowest BCUT2D eigenvalue weighted by atomic mass is 10.1. The van der Waals surface area contributed by atoms with Gasteiger partial charge in [0.1, 0.15) is 5.82 Å². The van der Waals surface area contributed by atoms with Gasteiger partial charge in [-0.2, -0.15) is 13.2 Å². The Hall–Kier alpha value is -2.73. The van der Waals surface area contributed by atoms with Gasteiger partial charge < -0.3 is 4.57 Å². The molecule has 0 fully saturated rings. The van der Waals surface area contributed by atoms with Crippen molar-refractivity contribution in [2.45, 2.75) is 43.8 Å². The minimum atomic E-state index is -4.35. The standard InChI is InChI=1S/C26H25F3N2S/c1-2-17-32-22-14-15-23-24(18-22)31(16-6-9-19-7-4-3-5-8-19)25(30-23)20-10-12-21(13-11-20)26(27,28)29/h3-5,7-8,10-15,18H,2,6,9,16-17H2,1H3. The van der Waals surface area contributed by atoms with E-state index in [1.807, 2.05) is 36.0 Å². The molecule has 0 saturated carbocycles. The molecule has 0 spiro atoms. The number of nitrogens with zero attached hydrogens (tertiary/aromatic N) is 2. The maximum atomic E-state index is 13.0. The number of rotatable bonds is 8. The van der Waals surface area contributed by atoms with Crippen molar-refractivity contribution in [3.8, 4) is 11.4 Å². The molecule has 0 radical (unpaired) electrons. The fraction of sp³-hybridized carbons (Fsp3) is 0.269. The Balaban J connectivity index is 1.69. The Morgan fingerprint density at radius 2 is 1.69 bits per heavy atom. The molecular formula is C26H25F3N2S. The van der Waals surface area contributed by atoms with Gasteiger partial charge >= 0.3 is 6.18 Å². The summed E-state index contributed by atoms with van der Waals surface area (Å²) in [6.07, 6.45) is -1.41. The van der Waals surface area contributed by atoms with E-state index in [1.54, 1.807) is 0 Å². The van der Waals surface area contributed by atoms with Crippen molar-refractivity contribution < 1.29 is 13.2 Å². The second-order valence-electron chi connectivity index (χ2n) is 7.75. The van der Waals surface area contributed by atoms with Crippen molar-refractivity contribution in [2.75, 3.05) is 5.75 Å². The Labute approximate surface area is 190 Å². The van der Waals surface area contributed by atoms with Gasteiger partial charge in [-0.1, -0.05) is 49.4 Å². The van der Waals surface area contributed by atoms with Gasteiger partial charge in [0.15, 0.2) is 0 Å². The molecule has 3 aromatic carbocycles. The molecular weight excluding hydrogens is 429 g/mol. The van der Waals surface area contributed by atoms with Crippen molar-refractivity contribution in [2.24, 2.45) is 0 Å². The minimum absolute atomic E-state index is 0.647. The van der Waals surface area contributed by atoms with Crippen LogP contribution in [-0.4, -0.2) is 15.3 Å². The quantitative estimate of drug-likeness (QED) is 0.252. The van der Waals surface area contributed by atoms with Crippen LogP contribution in [0.2, 0.25) is 0 Å². The third kappa shape index (κ3) is 5.18. The number of hydrogen-bond acceptors (Lipinski definition) is 2. The van der Waals surface area contributed by atoms with Crippen molar-refractivity contribution >= 4 is 22.8 Å². The molecule has 2 nitrogen and oxygen atoms in total. The fourth-order valence-corrected chi connectivity index (χ4v) is 4.55. The van der Waals surface area contributed by atoms with E-state index in [0.29, 0.717) is 11.4 Å². The summed E-state index contributed by atoms with van der Waals surface area (Å²) in [6, 6.07) is 21.8. The molecule has 4 aromatic rings. The monoisotopic (exact) mass is 454 g/mol. The molecule has 1 heterocycles. The summed E-state index contributed by atoms with van der Waals surface area (Å²) < 4.78 is 41.2. The van der Waals surface area contributed by atoms with Crippen LogP contribution in [0.25, 0.3) is 22.4 Å². The highest BCUT2D eigenvalue weighted by Gasteiger charge is 2.30. The topological polar surface area (TPSA) is 17.8 Å². The van der Waals surface area contributed by atoms with Crippen LogP contribution in [0.4, 0.5) is 13.2 Å². The van der Waals surface area contributed by atoms with Crippen LogP contribution in [0.1, 0.15) is 30.9 Å². The Bertz CT molecular complexity index is 1170. The molecule has 0 unspecified atom stereocenters. The van der Waals surface area contributed by atoms with Crippen LogP contribution < -0.4 is 0 Å². The number of alkyl halides is 3. The zero-order valence-electron chi connectivity index (χ0n) is 17.9. The molecule has 0 aliphatic rings. The lowest BCUT2D eigenvalue weighted by molar-refractivity contribution is -0.137. The number of thioether (sulfide) groups is 1. The summed E-state index contributed by atoms with van der Waals surface area (Å²) in [5.74, 6) is 1.75. The van der Waals surface area contributed by atoms with E-state index in [1.165, 1.54) is 22.6 Å². The second-order valence-corrected chi connectivity index (χ2v) is 8.92. The normalized spacial score (nSPS) is 11.9. The first kappa shape index (κ1) is 22.5. The summed E-state index contributed by atoms with van der Waals surface area (Å²) in [4.78, 5) is 5.98. The van der Waals surface area contributed by atoms with Crippen molar-refractivity contribution in [3.05, 3.63) is 83.9 Å². The lowest BCUT2D eigenvalue weighted by Crippen LogP contribution is -2.05. The van der Waals surface area contributed by atoms with Crippen LogP contribution in [-0.2, 0) is 19.1 Å². The first-order valence-electron chi connectivity index (χ1n) is 10.8. The number of aromatic nitrogens is 2. The van der Waals surface area contributed by atoms with E-state index in [9.17, 15) is 13.2 Å². The molecule has 0 saturated heterocycles. The highest BCUT2D eigenvalue weighted by Crippen LogP contribution is 2.33. The number of halogens is 3. The van der Waals surface area contributed by atoms with Crippen LogP contribution in [0, 0.1) is 0 Å². The average molecular weight is 455 g/mol. The predicted octanol–water partition coefficient (Wildman–Crippen LogP) is 7.86. The summed E-state index contributed by atoms with van der Waals surface area (Å²) in [5.41, 5.74) is 3.20. The largest absolute Gasteiger partial charge is 0.416 e. The number of aryl methyl sites for hydroxylation is 2. The molecule has 6 heteroatoms. The molecule has 0 bridgehead atoms. The van der Waals surface area contributed by atoms with Gasteiger partial charge in [0.25, 0.3) is 0 Å². The highest BCUT2D eigenvalue weighted by atomic mass is 32.2. The second kappa shape index (κ2) is 9.82. The predicted molar refractivity (Wildman–Crippen MR) is 126 cm³/mol. The lowest BCUT2D eigenvalue weighted by Gasteiger charge is -2.11. The van der Waals surface area contributed by atoms with Crippen LogP contribution in [0.15, 0.2) is 77.7 Å². The fourth-order valence-electron chi connectivity index (χ4n) is 3.75. The third-order valence-electron chi connectivity index (χ3n) is 5.35. The van der Waals surface area contributed by atoms with Crippen LogP contribution in [0.5, 0.6) is 0 Å². The highest BCUT2D eigenvalue weighted by molar-refractivity contribution is 7.99. The van der Waals surface area contributed by atoms with E-state index in [4.69, 9.17) is 4.98 Å². The van der Waals surface area contributed by atoms with E-state index < -0.39 is 11.7 Å². The summed E-state index contributed by atoms with van der Waals surface area (Å²) in [6.45, 7) is 2.89. The number of benzene rings is 3. The molecule has 32 heavy (non-hydrogen) atoms. The summed E-state index contributed by atoms with van der Waals surface area (Å²) in [5, 5.41) is 0. The van der Waals surface area contributed by atoms with Crippen molar-refractivity contribution in [1.82, 2.24) is 9.55 Å². The minimum Gasteiger partial charge on any atom is -0.324 e. The van der Waals surface area contributed by atoms with Gasteiger partial charge in [-0.25, -0.2) is 4.98 Å². The Kier molecular flexibility index (Phi) is 6.89. The van der Waals surface area contributed by atoms with Crippen LogP contribution in [0.3, 0.4) is 0 Å². The SMILES string of the molecule is CCCSc1ccc2nc(-c3ccc(C(F)(F)F)cc3)n(CCCc3ccccc3)c2c1. The van der Waals surface area contributed by atoms with Gasteiger partial charge in [-0.3, -0.25) is 0 Å². The third-order valence-corrected chi connectivity index (χ3v) is 6.55. The maximum Gasteiger partial charge on any atom is 0.416 e. The van der Waals surface area contributed by atoms with Gasteiger partial charge in [0.05, 0.1) is 16.6 Å². The average Bonchev–Trinajstić information content (AvgIpc) is 3.16.